The lowest BCUT2D eigenvalue weighted by molar-refractivity contribution is -0.119. The number of nitrogens with one attached hydrogen (secondary N) is 1. The fraction of sp³-hybridized carbons (Fsp3) is 0.350. The van der Waals surface area contributed by atoms with E-state index in [2.05, 4.69) is 5.32 Å². The first kappa shape index (κ1) is 22.4. The van der Waals surface area contributed by atoms with Crippen LogP contribution in [0.1, 0.15) is 31.9 Å². The van der Waals surface area contributed by atoms with E-state index in [-0.39, 0.29) is 23.7 Å². The number of nitrogens with two attached hydrogens (primary N) is 1. The average molecular weight is 395 g/mol. The van der Waals surface area contributed by atoms with Crippen molar-refractivity contribution in [1.82, 2.24) is 0 Å². The van der Waals surface area contributed by atoms with Gasteiger partial charge in [0.05, 0.1) is 6.04 Å². The topological polar surface area (TPSA) is 72.2 Å². The molecule has 1 unspecified atom stereocenters. The Balaban J connectivity index is 0.00000338. The van der Waals surface area contributed by atoms with Crippen molar-refractivity contribution in [3.63, 3.8) is 0 Å². The summed E-state index contributed by atoms with van der Waals surface area (Å²) in [5, 5.41) is 2.85. The van der Waals surface area contributed by atoms with E-state index in [1.807, 2.05) is 75.4 Å². The molecule has 1 amide bonds. The third-order valence-corrected chi connectivity index (χ3v) is 5.22. The normalized spacial score (nSPS) is 13.4. The summed E-state index contributed by atoms with van der Waals surface area (Å²) in [4.78, 5) is 12.2. The smallest absolute Gasteiger partial charge is 0.241 e. The van der Waals surface area contributed by atoms with Crippen molar-refractivity contribution in [2.24, 2.45) is 11.1 Å². The zero-order valence-electron chi connectivity index (χ0n) is 15.4. The van der Waals surface area contributed by atoms with E-state index in [1.54, 1.807) is 0 Å². The molecule has 0 heterocycles. The number of hydrogen-bond acceptors (Lipinski definition) is 3. The molecule has 6 heteroatoms. The van der Waals surface area contributed by atoms with Gasteiger partial charge in [-0.2, -0.15) is 0 Å². The highest BCUT2D eigenvalue weighted by Crippen LogP contribution is 2.20. The van der Waals surface area contributed by atoms with E-state index >= 15 is 0 Å². The lowest BCUT2D eigenvalue weighted by atomic mass is 9.87. The van der Waals surface area contributed by atoms with Crippen LogP contribution < -0.4 is 11.1 Å². The number of carbonyl (C=O) groups is 1. The minimum atomic E-state index is -1.00. The molecule has 3 N–H and O–H groups in total. The standard InChI is InChI=1S/C20H26N2O2S.ClH/c1-20(2,3)18(21)19(23)22-17-11-7-10-16(12-17)14-25(24)13-15-8-5-4-6-9-15;/h4-12,18H,13-14,21H2,1-3H3,(H,22,23);1H/t18-,25?;/m1./s1. The molecule has 4 nitrogen and oxygen atoms in total. The Kier molecular flexibility index (Phi) is 8.47. The van der Waals surface area contributed by atoms with E-state index in [0.717, 1.165) is 11.1 Å². The summed E-state index contributed by atoms with van der Waals surface area (Å²) in [7, 11) is -1.00. The van der Waals surface area contributed by atoms with Crippen molar-refractivity contribution in [2.45, 2.75) is 38.3 Å². The zero-order chi connectivity index (χ0) is 18.4. The molecule has 0 fully saturated rings. The Morgan fingerprint density at radius 2 is 1.62 bits per heavy atom. The maximum Gasteiger partial charge on any atom is 0.241 e. The van der Waals surface area contributed by atoms with Gasteiger partial charge in [-0.05, 0) is 28.7 Å². The van der Waals surface area contributed by atoms with Crippen LogP contribution in [0.25, 0.3) is 0 Å². The van der Waals surface area contributed by atoms with Crippen molar-refractivity contribution in [3.8, 4) is 0 Å². The molecule has 2 atom stereocenters. The molecular formula is C20H27ClN2O2S. The third kappa shape index (κ3) is 6.90. The Morgan fingerprint density at radius 3 is 2.23 bits per heavy atom. The Bertz CT molecular complexity index is 745. The molecule has 0 radical (unpaired) electrons. The molecule has 0 saturated heterocycles. The molecular weight excluding hydrogens is 368 g/mol. The SMILES string of the molecule is CC(C)(C)[C@H](N)C(=O)Nc1cccc(CS(=O)Cc2ccccc2)c1.Cl. The van der Waals surface area contributed by atoms with Crippen molar-refractivity contribution < 1.29 is 9.00 Å². The van der Waals surface area contributed by atoms with E-state index in [1.165, 1.54) is 0 Å². The lowest BCUT2D eigenvalue weighted by Crippen LogP contribution is -2.45. The lowest BCUT2D eigenvalue weighted by Gasteiger charge is -2.25. The predicted molar refractivity (Wildman–Crippen MR) is 112 cm³/mol. The van der Waals surface area contributed by atoms with Crippen LogP contribution in [0.2, 0.25) is 0 Å². The van der Waals surface area contributed by atoms with Gasteiger partial charge in [-0.1, -0.05) is 63.2 Å². The fourth-order valence-corrected chi connectivity index (χ4v) is 3.57. The zero-order valence-corrected chi connectivity index (χ0v) is 17.0. The largest absolute Gasteiger partial charge is 0.325 e. The Morgan fingerprint density at radius 1 is 1.04 bits per heavy atom. The highest BCUT2D eigenvalue weighted by molar-refractivity contribution is 7.83. The number of amides is 1. The van der Waals surface area contributed by atoms with E-state index < -0.39 is 16.8 Å². The second kappa shape index (κ2) is 9.86. The fourth-order valence-electron chi connectivity index (χ4n) is 2.35. The van der Waals surface area contributed by atoms with Gasteiger partial charge in [-0.25, -0.2) is 0 Å². The van der Waals surface area contributed by atoms with Crippen LogP contribution in [0, 0.1) is 5.41 Å². The van der Waals surface area contributed by atoms with Gasteiger partial charge in [-0.3, -0.25) is 9.00 Å². The van der Waals surface area contributed by atoms with E-state index in [9.17, 15) is 9.00 Å². The van der Waals surface area contributed by atoms with Crippen LogP contribution in [-0.4, -0.2) is 16.2 Å². The van der Waals surface area contributed by atoms with Crippen molar-refractivity contribution in [3.05, 3.63) is 65.7 Å². The van der Waals surface area contributed by atoms with Gasteiger partial charge in [0.2, 0.25) is 5.91 Å². The number of carbonyl (C=O) groups excluding carboxylic acids is 1. The first-order valence-corrected chi connectivity index (χ1v) is 9.79. The Labute approximate surface area is 164 Å². The molecule has 0 saturated carbocycles. The molecule has 0 aromatic heterocycles. The van der Waals surface area contributed by atoms with Gasteiger partial charge in [0.1, 0.15) is 0 Å². The minimum Gasteiger partial charge on any atom is -0.325 e. The highest BCUT2D eigenvalue weighted by atomic mass is 35.5. The monoisotopic (exact) mass is 394 g/mol. The van der Waals surface area contributed by atoms with E-state index in [4.69, 9.17) is 5.73 Å². The van der Waals surface area contributed by atoms with Gasteiger partial charge >= 0.3 is 0 Å². The summed E-state index contributed by atoms with van der Waals surface area (Å²) in [5.41, 5.74) is 8.34. The van der Waals surface area contributed by atoms with Crippen LogP contribution in [-0.2, 0) is 27.1 Å². The van der Waals surface area contributed by atoms with Gasteiger partial charge in [0.15, 0.2) is 0 Å². The Hall–Kier alpha value is -1.69. The maximum atomic E-state index is 12.4. The van der Waals surface area contributed by atoms with Crippen molar-refractivity contribution >= 4 is 34.8 Å². The second-order valence-corrected chi connectivity index (χ2v) is 8.70. The van der Waals surface area contributed by atoms with Crippen LogP contribution in [0.15, 0.2) is 54.6 Å². The predicted octanol–water partition coefficient (Wildman–Crippen LogP) is 3.87. The summed E-state index contributed by atoms with van der Waals surface area (Å²) in [6.45, 7) is 5.79. The minimum absolute atomic E-state index is 0. The molecule has 2 aromatic rings. The molecule has 0 bridgehead atoms. The van der Waals surface area contributed by atoms with Crippen LogP contribution >= 0.6 is 12.4 Å². The van der Waals surface area contributed by atoms with Gasteiger partial charge in [-0.15, -0.1) is 12.4 Å². The van der Waals surface area contributed by atoms with Crippen LogP contribution in [0.3, 0.4) is 0 Å². The van der Waals surface area contributed by atoms with Gasteiger partial charge in [0.25, 0.3) is 0 Å². The average Bonchev–Trinajstić information content (AvgIpc) is 2.54. The summed E-state index contributed by atoms with van der Waals surface area (Å²) in [6.07, 6.45) is 0. The quantitative estimate of drug-likeness (QED) is 0.781. The van der Waals surface area contributed by atoms with Crippen molar-refractivity contribution in [2.75, 3.05) is 5.32 Å². The van der Waals surface area contributed by atoms with E-state index in [0.29, 0.717) is 17.2 Å². The number of halogens is 1. The first-order valence-electron chi connectivity index (χ1n) is 8.30. The molecule has 0 aliphatic rings. The van der Waals surface area contributed by atoms with Gasteiger partial charge < -0.3 is 11.1 Å². The molecule has 142 valence electrons. The number of rotatable bonds is 6. The summed E-state index contributed by atoms with van der Waals surface area (Å²) in [5.74, 6) is 0.756. The number of anilines is 1. The maximum absolute atomic E-state index is 12.4. The second-order valence-electron chi connectivity index (χ2n) is 7.25. The number of hydrogen-bond donors (Lipinski definition) is 2. The first-order chi connectivity index (χ1) is 11.8. The van der Waals surface area contributed by atoms with Crippen LogP contribution in [0.5, 0.6) is 0 Å². The van der Waals surface area contributed by atoms with Crippen LogP contribution in [0.4, 0.5) is 5.69 Å². The third-order valence-electron chi connectivity index (χ3n) is 3.91. The molecule has 0 spiro atoms. The van der Waals surface area contributed by atoms with Gasteiger partial charge in [0, 0.05) is 28.0 Å². The summed E-state index contributed by atoms with van der Waals surface area (Å²) in [6, 6.07) is 16.6. The molecule has 0 aliphatic carbocycles. The summed E-state index contributed by atoms with van der Waals surface area (Å²) >= 11 is 0. The molecule has 0 aliphatic heterocycles. The molecule has 2 aromatic carbocycles. The number of benzene rings is 2. The molecule has 26 heavy (non-hydrogen) atoms. The highest BCUT2D eigenvalue weighted by Gasteiger charge is 2.27. The molecule has 2 rings (SSSR count). The summed E-state index contributed by atoms with van der Waals surface area (Å²) < 4.78 is 12.4. The van der Waals surface area contributed by atoms with Crippen molar-refractivity contribution in [1.29, 1.82) is 0 Å².